The van der Waals surface area contributed by atoms with Crippen LogP contribution in [0.25, 0.3) is 11.0 Å². The van der Waals surface area contributed by atoms with Crippen molar-refractivity contribution < 1.29 is 8.42 Å². The van der Waals surface area contributed by atoms with Gasteiger partial charge < -0.3 is 5.32 Å². The number of aromatic nitrogens is 4. The summed E-state index contributed by atoms with van der Waals surface area (Å²) in [4.78, 5) is 8.84. The number of anilines is 1. The Hall–Kier alpha value is -2.52. The van der Waals surface area contributed by atoms with E-state index in [2.05, 4.69) is 20.4 Å². The van der Waals surface area contributed by atoms with E-state index in [1.54, 1.807) is 23.0 Å². The maximum absolute atomic E-state index is 11.2. The lowest BCUT2D eigenvalue weighted by molar-refractivity contribution is 0.598. The highest BCUT2D eigenvalue weighted by molar-refractivity contribution is 7.89. The molecule has 9 heteroatoms. The minimum absolute atomic E-state index is 0.0915. The number of hydrogen-bond donors (Lipinski definition) is 2. The average Bonchev–Trinajstić information content (AvgIpc) is 2.86. The van der Waals surface area contributed by atoms with Crippen molar-refractivity contribution in [3.05, 3.63) is 41.9 Å². The molecule has 8 nitrogen and oxygen atoms in total. The highest BCUT2D eigenvalue weighted by Crippen LogP contribution is 2.20. The number of fused-ring (bicyclic) bond motifs is 1. The first kappa shape index (κ1) is 15.4. The smallest absolute Gasteiger partial charge is 0.238 e. The third-order valence-electron chi connectivity index (χ3n) is 3.42. The monoisotopic (exact) mass is 332 g/mol. The quantitative estimate of drug-likeness (QED) is 0.734. The Bertz CT molecular complexity index is 963. The summed E-state index contributed by atoms with van der Waals surface area (Å²) in [6.07, 6.45) is 1.71. The summed E-state index contributed by atoms with van der Waals surface area (Å²) >= 11 is 0. The molecule has 23 heavy (non-hydrogen) atoms. The largest absolute Gasteiger partial charge is 0.365 e. The molecule has 0 unspecified atom stereocenters. The molecular formula is C14H16N6O2S. The van der Waals surface area contributed by atoms with Crippen LogP contribution in [0.15, 0.2) is 35.4 Å². The van der Waals surface area contributed by atoms with Crippen LogP contribution in [0.5, 0.6) is 0 Å². The number of primary sulfonamides is 1. The topological polar surface area (TPSA) is 116 Å². The summed E-state index contributed by atoms with van der Waals surface area (Å²) in [6.45, 7) is 2.31. The molecule has 1 aromatic carbocycles. The Kier molecular flexibility index (Phi) is 3.74. The molecule has 0 saturated carbocycles. The zero-order valence-electron chi connectivity index (χ0n) is 12.7. The van der Waals surface area contributed by atoms with Crippen LogP contribution in [0.2, 0.25) is 0 Å². The lowest BCUT2D eigenvalue weighted by Gasteiger charge is -2.08. The van der Waals surface area contributed by atoms with E-state index in [0.717, 1.165) is 16.6 Å². The van der Waals surface area contributed by atoms with Crippen molar-refractivity contribution in [1.29, 1.82) is 0 Å². The molecule has 0 aliphatic heterocycles. The van der Waals surface area contributed by atoms with E-state index in [-0.39, 0.29) is 4.90 Å². The summed E-state index contributed by atoms with van der Waals surface area (Å²) in [5, 5.41) is 13.3. The predicted octanol–water partition coefficient (Wildman–Crippen LogP) is 0.931. The molecule has 3 rings (SSSR count). The summed E-state index contributed by atoms with van der Waals surface area (Å²) < 4.78 is 24.2. The van der Waals surface area contributed by atoms with Crippen LogP contribution in [0.3, 0.4) is 0 Å². The zero-order valence-corrected chi connectivity index (χ0v) is 13.5. The number of benzene rings is 1. The normalized spacial score (nSPS) is 11.8. The molecule has 0 aliphatic rings. The maximum atomic E-state index is 11.2. The first-order chi connectivity index (χ1) is 10.8. The van der Waals surface area contributed by atoms with E-state index >= 15 is 0 Å². The lowest BCUT2D eigenvalue weighted by Crippen LogP contribution is -2.12. The van der Waals surface area contributed by atoms with E-state index in [1.165, 1.54) is 12.1 Å². The third kappa shape index (κ3) is 3.15. The highest BCUT2D eigenvalue weighted by atomic mass is 32.2. The number of rotatable bonds is 4. The van der Waals surface area contributed by atoms with Gasteiger partial charge in [0.2, 0.25) is 10.0 Å². The van der Waals surface area contributed by atoms with E-state index < -0.39 is 10.0 Å². The van der Waals surface area contributed by atoms with Crippen molar-refractivity contribution >= 4 is 26.9 Å². The minimum atomic E-state index is -3.67. The van der Waals surface area contributed by atoms with Gasteiger partial charge in [-0.1, -0.05) is 12.1 Å². The summed E-state index contributed by atoms with van der Waals surface area (Å²) in [7, 11) is -1.85. The highest BCUT2D eigenvalue weighted by Gasteiger charge is 2.10. The van der Waals surface area contributed by atoms with E-state index in [4.69, 9.17) is 5.14 Å². The van der Waals surface area contributed by atoms with Crippen LogP contribution >= 0.6 is 0 Å². The number of aryl methyl sites for hydroxylation is 2. The number of nitrogens with zero attached hydrogens (tertiary/aromatic N) is 4. The van der Waals surface area contributed by atoms with Gasteiger partial charge in [-0.25, -0.2) is 23.5 Å². The number of hydrogen-bond acceptors (Lipinski definition) is 6. The molecule has 0 spiro atoms. The van der Waals surface area contributed by atoms with Crippen molar-refractivity contribution in [2.75, 3.05) is 5.32 Å². The van der Waals surface area contributed by atoms with Crippen LogP contribution < -0.4 is 10.5 Å². The fourth-order valence-corrected chi connectivity index (χ4v) is 2.76. The molecule has 2 aromatic heterocycles. The van der Waals surface area contributed by atoms with E-state index in [1.807, 2.05) is 14.0 Å². The van der Waals surface area contributed by atoms with Crippen LogP contribution in [0.1, 0.15) is 11.4 Å². The van der Waals surface area contributed by atoms with Crippen molar-refractivity contribution in [3.8, 4) is 0 Å². The Morgan fingerprint density at radius 3 is 2.57 bits per heavy atom. The molecule has 2 heterocycles. The molecule has 0 amide bonds. The van der Waals surface area contributed by atoms with Gasteiger partial charge in [0.05, 0.1) is 16.5 Å². The van der Waals surface area contributed by atoms with Gasteiger partial charge in [0.15, 0.2) is 5.65 Å². The summed E-state index contributed by atoms with van der Waals surface area (Å²) in [6, 6.07) is 6.39. The van der Waals surface area contributed by atoms with Crippen molar-refractivity contribution in [1.82, 2.24) is 19.7 Å². The molecule has 0 saturated heterocycles. The Balaban J connectivity index is 1.84. The van der Waals surface area contributed by atoms with Gasteiger partial charge in [0.1, 0.15) is 11.6 Å². The molecule has 120 valence electrons. The predicted molar refractivity (Wildman–Crippen MR) is 86.2 cm³/mol. The summed E-state index contributed by atoms with van der Waals surface area (Å²) in [5.74, 6) is 1.34. The first-order valence-electron chi connectivity index (χ1n) is 6.86. The van der Waals surface area contributed by atoms with E-state index in [9.17, 15) is 8.42 Å². The van der Waals surface area contributed by atoms with Gasteiger partial charge in [0, 0.05) is 13.6 Å². The van der Waals surface area contributed by atoms with Crippen LogP contribution in [-0.2, 0) is 23.6 Å². The van der Waals surface area contributed by atoms with Crippen LogP contribution in [-0.4, -0.2) is 28.2 Å². The van der Waals surface area contributed by atoms with Crippen LogP contribution in [0, 0.1) is 6.92 Å². The molecule has 0 atom stereocenters. The Morgan fingerprint density at radius 1 is 1.22 bits per heavy atom. The standard InChI is InChI=1S/C14H16N6O2S/c1-9-18-13(12-8-17-20(2)14(12)19-9)16-7-10-3-5-11(6-4-10)23(15,21)22/h3-6,8H,7H2,1-2H3,(H2,15,21,22)(H,16,18,19). The molecule has 0 radical (unpaired) electrons. The van der Waals surface area contributed by atoms with Gasteiger partial charge in [-0.3, -0.25) is 4.68 Å². The van der Waals surface area contributed by atoms with Crippen LogP contribution in [0.4, 0.5) is 5.82 Å². The zero-order chi connectivity index (χ0) is 16.6. The second-order valence-electron chi connectivity index (χ2n) is 5.17. The molecule has 3 N–H and O–H groups in total. The van der Waals surface area contributed by atoms with Gasteiger partial charge >= 0.3 is 0 Å². The van der Waals surface area contributed by atoms with E-state index in [0.29, 0.717) is 18.2 Å². The number of sulfonamides is 1. The molecule has 0 aliphatic carbocycles. The fraction of sp³-hybridized carbons (Fsp3) is 0.214. The molecule has 0 bridgehead atoms. The first-order valence-corrected chi connectivity index (χ1v) is 8.41. The fourth-order valence-electron chi connectivity index (χ4n) is 2.25. The Labute approximate surface area is 133 Å². The minimum Gasteiger partial charge on any atom is -0.365 e. The maximum Gasteiger partial charge on any atom is 0.238 e. The van der Waals surface area contributed by atoms with Crippen molar-refractivity contribution in [3.63, 3.8) is 0 Å². The second-order valence-corrected chi connectivity index (χ2v) is 6.73. The van der Waals surface area contributed by atoms with Gasteiger partial charge in [0.25, 0.3) is 0 Å². The SMILES string of the molecule is Cc1nc(NCc2ccc(S(N)(=O)=O)cc2)c2cnn(C)c2n1. The summed E-state index contributed by atoms with van der Waals surface area (Å²) in [5.41, 5.74) is 1.66. The van der Waals surface area contributed by atoms with Gasteiger partial charge in [-0.15, -0.1) is 0 Å². The molecule has 3 aromatic rings. The number of nitrogens with two attached hydrogens (primary N) is 1. The van der Waals surface area contributed by atoms with Gasteiger partial charge in [-0.2, -0.15) is 5.10 Å². The third-order valence-corrected chi connectivity index (χ3v) is 4.34. The van der Waals surface area contributed by atoms with Crippen molar-refractivity contribution in [2.45, 2.75) is 18.4 Å². The van der Waals surface area contributed by atoms with Crippen molar-refractivity contribution in [2.24, 2.45) is 12.2 Å². The molecule has 0 fully saturated rings. The second kappa shape index (κ2) is 5.60. The molecular weight excluding hydrogens is 316 g/mol. The Morgan fingerprint density at radius 2 is 1.91 bits per heavy atom. The average molecular weight is 332 g/mol. The number of nitrogens with one attached hydrogen (secondary N) is 1. The van der Waals surface area contributed by atoms with Gasteiger partial charge in [-0.05, 0) is 24.6 Å². The lowest BCUT2D eigenvalue weighted by atomic mass is 10.2.